The maximum Gasteiger partial charge on any atom is 0.281 e. The van der Waals surface area contributed by atoms with Crippen molar-refractivity contribution < 1.29 is 27.9 Å². The quantitative estimate of drug-likeness (QED) is 0.309. The van der Waals surface area contributed by atoms with Gasteiger partial charge in [-0.3, -0.25) is 14.4 Å². The zero-order chi connectivity index (χ0) is 36.5. The molecule has 0 bridgehead atoms. The Bertz CT molecular complexity index is 1540. The van der Waals surface area contributed by atoms with E-state index in [1.165, 1.54) is 6.20 Å². The Morgan fingerprint density at radius 3 is 2.20 bits per heavy atom. The van der Waals surface area contributed by atoms with Crippen LogP contribution in [0.5, 0.6) is 0 Å². The van der Waals surface area contributed by atoms with E-state index in [0.717, 1.165) is 0 Å². The fourth-order valence-corrected chi connectivity index (χ4v) is 6.29. The second-order valence-electron chi connectivity index (χ2n) is 13.2. The summed E-state index contributed by atoms with van der Waals surface area (Å²) in [5, 5.41) is 0. The molecule has 0 radical (unpaired) electrons. The Balaban J connectivity index is 1.12. The van der Waals surface area contributed by atoms with Gasteiger partial charge in [0.2, 0.25) is 35.6 Å². The second-order valence-corrected chi connectivity index (χ2v) is 13.2. The van der Waals surface area contributed by atoms with E-state index in [9.17, 15) is 23.2 Å². The molecular formula is C33H48F2N12O4. The lowest BCUT2D eigenvalue weighted by Gasteiger charge is -2.35. The predicted octanol–water partition coefficient (Wildman–Crippen LogP) is 0.929. The lowest BCUT2D eigenvalue weighted by atomic mass is 9.95. The zero-order valence-corrected chi connectivity index (χ0v) is 29.6. The van der Waals surface area contributed by atoms with Crippen LogP contribution in [0.2, 0.25) is 0 Å². The minimum Gasteiger partial charge on any atom is -0.378 e. The molecular weight excluding hydrogens is 666 g/mol. The molecule has 0 atom stereocenters. The van der Waals surface area contributed by atoms with Gasteiger partial charge in [-0.25, -0.2) is 18.7 Å². The van der Waals surface area contributed by atoms with Crippen molar-refractivity contribution in [2.45, 2.75) is 32.1 Å². The molecule has 3 amide bonds. The van der Waals surface area contributed by atoms with Gasteiger partial charge in [-0.05, 0) is 33.4 Å². The molecule has 3 saturated heterocycles. The Morgan fingerprint density at radius 2 is 1.57 bits per heavy atom. The van der Waals surface area contributed by atoms with Gasteiger partial charge in [0.1, 0.15) is 5.69 Å². The van der Waals surface area contributed by atoms with E-state index < -0.39 is 12.1 Å². The number of nitrogens with two attached hydrogens (primary N) is 1. The maximum atomic E-state index is 13.9. The molecule has 18 heteroatoms. The number of aromatic nitrogens is 5. The standard InChI is InChI=1S/C33H48F2N12O4/c1-42(2)10-4-6-25(48)44-12-8-23(9-13-44)30(50)43(3)11-5-7-26(49)45-14-16-46(17-15-45)32-39-29(24-22-37-31(36)38-27(24)28(34)35)40-33(41-32)47-18-20-51-21-19-47/h4,6,22-23,28H,5,7-21H2,1-3H3,(H2,36,37,38)/b6-4+. The molecule has 0 aromatic carbocycles. The van der Waals surface area contributed by atoms with Crippen molar-refractivity contribution in [3.05, 3.63) is 24.0 Å². The number of likely N-dealkylation sites (tertiary alicyclic amines) is 1. The molecule has 3 fully saturated rings. The summed E-state index contributed by atoms with van der Waals surface area (Å²) in [6.45, 7) is 5.99. The molecule has 16 nitrogen and oxygen atoms in total. The van der Waals surface area contributed by atoms with Crippen molar-refractivity contribution in [2.75, 3.05) is 115 Å². The summed E-state index contributed by atoms with van der Waals surface area (Å²) < 4.78 is 33.3. The average Bonchev–Trinajstić information content (AvgIpc) is 3.14. The Labute approximate surface area is 296 Å². The van der Waals surface area contributed by atoms with Crippen LogP contribution in [0.15, 0.2) is 18.3 Å². The van der Waals surface area contributed by atoms with E-state index >= 15 is 0 Å². The number of anilines is 3. The molecule has 5 heterocycles. The maximum absolute atomic E-state index is 13.9. The van der Waals surface area contributed by atoms with Crippen LogP contribution in [-0.2, 0) is 19.1 Å². The number of morpholine rings is 1. The molecule has 2 N–H and O–H groups in total. The number of alkyl halides is 2. The van der Waals surface area contributed by atoms with E-state index in [1.807, 2.05) is 34.9 Å². The SMILES string of the molecule is CN(C)C/C=C/C(=O)N1CCC(C(=O)N(C)CCCC(=O)N2CCN(c3nc(-c4cnc(N)nc4C(F)F)nc(N4CCOCC4)n3)CC2)CC1. The molecule has 2 aromatic rings. The van der Waals surface area contributed by atoms with E-state index in [0.29, 0.717) is 116 Å². The fraction of sp³-hybridized carbons (Fsp3) is 0.636. The highest BCUT2D eigenvalue weighted by Gasteiger charge is 2.30. The van der Waals surface area contributed by atoms with Gasteiger partial charge >= 0.3 is 0 Å². The van der Waals surface area contributed by atoms with Crippen LogP contribution < -0.4 is 15.5 Å². The summed E-state index contributed by atoms with van der Waals surface area (Å²) in [6.07, 6.45) is 3.81. The number of piperazine rings is 1. The first kappa shape index (κ1) is 37.7. The van der Waals surface area contributed by atoms with Gasteiger partial charge in [0.15, 0.2) is 5.82 Å². The molecule has 0 saturated carbocycles. The predicted molar refractivity (Wildman–Crippen MR) is 186 cm³/mol. The van der Waals surface area contributed by atoms with Gasteiger partial charge in [-0.1, -0.05) is 6.08 Å². The average molecular weight is 715 g/mol. The zero-order valence-electron chi connectivity index (χ0n) is 29.6. The van der Waals surface area contributed by atoms with E-state index in [1.54, 1.807) is 27.8 Å². The number of amides is 3. The molecule has 0 unspecified atom stereocenters. The number of piperidine rings is 1. The molecule has 278 valence electrons. The topological polar surface area (TPSA) is 170 Å². The number of hydrogen-bond donors (Lipinski definition) is 1. The summed E-state index contributed by atoms with van der Waals surface area (Å²) in [4.78, 5) is 71.1. The number of nitrogen functional groups attached to an aromatic ring is 1. The van der Waals surface area contributed by atoms with Gasteiger partial charge in [0, 0.05) is 97.1 Å². The van der Waals surface area contributed by atoms with Crippen molar-refractivity contribution in [3.63, 3.8) is 0 Å². The fourth-order valence-electron chi connectivity index (χ4n) is 6.29. The molecule has 51 heavy (non-hydrogen) atoms. The number of carbonyl (C=O) groups excluding carboxylic acids is 3. The second kappa shape index (κ2) is 17.6. The summed E-state index contributed by atoms with van der Waals surface area (Å²) in [5.41, 5.74) is 5.00. The Hall–Kier alpha value is -4.58. The van der Waals surface area contributed by atoms with Crippen molar-refractivity contribution in [1.82, 2.24) is 44.5 Å². The first-order chi connectivity index (χ1) is 24.5. The van der Waals surface area contributed by atoms with Crippen LogP contribution in [0.4, 0.5) is 26.6 Å². The molecule has 5 rings (SSSR count). The number of nitrogens with zero attached hydrogens (tertiary/aromatic N) is 11. The summed E-state index contributed by atoms with van der Waals surface area (Å²) >= 11 is 0. The summed E-state index contributed by atoms with van der Waals surface area (Å²) in [6, 6.07) is 0. The normalized spacial score (nSPS) is 17.5. The minimum absolute atomic E-state index is 0.00409. The summed E-state index contributed by atoms with van der Waals surface area (Å²) in [7, 11) is 5.65. The highest BCUT2D eigenvalue weighted by Crippen LogP contribution is 2.30. The third kappa shape index (κ3) is 10.0. The Morgan fingerprint density at radius 1 is 0.922 bits per heavy atom. The number of rotatable bonds is 12. The first-order valence-electron chi connectivity index (χ1n) is 17.4. The lowest BCUT2D eigenvalue weighted by Crippen LogP contribution is -2.49. The van der Waals surface area contributed by atoms with Crippen LogP contribution >= 0.6 is 0 Å². The van der Waals surface area contributed by atoms with Crippen LogP contribution in [0.25, 0.3) is 11.4 Å². The molecule has 2 aromatic heterocycles. The van der Waals surface area contributed by atoms with Crippen molar-refractivity contribution >= 4 is 35.6 Å². The van der Waals surface area contributed by atoms with E-state index in [2.05, 4.69) is 24.9 Å². The number of hydrogen-bond acceptors (Lipinski definition) is 13. The van der Waals surface area contributed by atoms with E-state index in [4.69, 9.17) is 10.5 Å². The number of likely N-dealkylation sites (N-methyl/N-ethyl adjacent to an activating group) is 1. The van der Waals surface area contributed by atoms with Crippen LogP contribution in [0.3, 0.4) is 0 Å². The molecule has 3 aliphatic rings. The van der Waals surface area contributed by atoms with Gasteiger partial charge in [0.05, 0.1) is 18.8 Å². The number of halogens is 2. The molecule has 0 aliphatic carbocycles. The van der Waals surface area contributed by atoms with Crippen LogP contribution in [-0.4, -0.2) is 162 Å². The third-order valence-corrected chi connectivity index (χ3v) is 9.25. The largest absolute Gasteiger partial charge is 0.378 e. The monoisotopic (exact) mass is 714 g/mol. The summed E-state index contributed by atoms with van der Waals surface area (Å²) in [5.74, 6) is 0.263. The van der Waals surface area contributed by atoms with Gasteiger partial charge < -0.3 is 39.9 Å². The highest BCUT2D eigenvalue weighted by molar-refractivity contribution is 5.88. The third-order valence-electron chi connectivity index (χ3n) is 9.25. The number of carbonyl (C=O) groups is 3. The smallest absolute Gasteiger partial charge is 0.281 e. The van der Waals surface area contributed by atoms with Crippen LogP contribution in [0.1, 0.15) is 37.8 Å². The number of ether oxygens (including phenoxy) is 1. The van der Waals surface area contributed by atoms with Gasteiger partial charge in [0.25, 0.3) is 6.43 Å². The van der Waals surface area contributed by atoms with Crippen molar-refractivity contribution in [2.24, 2.45) is 5.92 Å². The van der Waals surface area contributed by atoms with Crippen molar-refractivity contribution in [1.29, 1.82) is 0 Å². The van der Waals surface area contributed by atoms with E-state index in [-0.39, 0.29) is 41.0 Å². The molecule has 3 aliphatic heterocycles. The van der Waals surface area contributed by atoms with Gasteiger partial charge in [-0.15, -0.1) is 0 Å². The van der Waals surface area contributed by atoms with Crippen LogP contribution in [0, 0.1) is 5.92 Å². The lowest BCUT2D eigenvalue weighted by molar-refractivity contribution is -0.138. The molecule has 0 spiro atoms. The highest BCUT2D eigenvalue weighted by atomic mass is 19.3. The minimum atomic E-state index is -2.92. The van der Waals surface area contributed by atoms with Gasteiger partial charge in [-0.2, -0.15) is 15.0 Å². The first-order valence-corrected chi connectivity index (χ1v) is 17.4. The Kier molecular flexibility index (Phi) is 13.0. The van der Waals surface area contributed by atoms with Crippen molar-refractivity contribution in [3.8, 4) is 11.4 Å².